The van der Waals surface area contributed by atoms with Gasteiger partial charge in [-0.1, -0.05) is 24.3 Å². The van der Waals surface area contributed by atoms with Gasteiger partial charge in [0.2, 0.25) is 5.91 Å². The Morgan fingerprint density at radius 3 is 2.54 bits per heavy atom. The Labute approximate surface area is 141 Å². The zero-order valence-electron chi connectivity index (χ0n) is 13.8. The van der Waals surface area contributed by atoms with Crippen molar-refractivity contribution in [3.63, 3.8) is 0 Å². The van der Waals surface area contributed by atoms with E-state index in [0.717, 1.165) is 37.4 Å². The van der Waals surface area contributed by atoms with Crippen molar-refractivity contribution < 1.29 is 9.18 Å². The zero-order chi connectivity index (χ0) is 16.9. The predicted molar refractivity (Wildman–Crippen MR) is 94.9 cm³/mol. The molecule has 1 aliphatic heterocycles. The number of rotatable bonds is 4. The summed E-state index contributed by atoms with van der Waals surface area (Å²) in [6, 6.07) is 14.6. The molecule has 1 saturated heterocycles. The summed E-state index contributed by atoms with van der Waals surface area (Å²) in [5.41, 5.74) is 2.58. The van der Waals surface area contributed by atoms with Crippen LogP contribution in [0.3, 0.4) is 0 Å². The first-order chi connectivity index (χ1) is 11.6. The Balaban J connectivity index is 1.50. The fourth-order valence-corrected chi connectivity index (χ4v) is 2.98. The number of anilines is 2. The van der Waals surface area contributed by atoms with E-state index in [9.17, 15) is 9.18 Å². The number of amides is 1. The summed E-state index contributed by atoms with van der Waals surface area (Å²) in [5, 5.41) is 2.93. The number of piperazine rings is 1. The molecule has 0 bridgehead atoms. The molecule has 1 heterocycles. The monoisotopic (exact) mass is 327 g/mol. The number of hydrogen-bond acceptors (Lipinski definition) is 3. The Morgan fingerprint density at radius 2 is 1.83 bits per heavy atom. The second-order valence-electron chi connectivity index (χ2n) is 6.13. The van der Waals surface area contributed by atoms with Crippen molar-refractivity contribution in [1.29, 1.82) is 0 Å². The lowest BCUT2D eigenvalue weighted by molar-refractivity contribution is -0.117. The average Bonchev–Trinajstić information content (AvgIpc) is 2.56. The number of benzene rings is 2. The van der Waals surface area contributed by atoms with Crippen molar-refractivity contribution in [3.05, 3.63) is 59.9 Å². The fourth-order valence-electron chi connectivity index (χ4n) is 2.98. The molecule has 0 saturated carbocycles. The maximum atomic E-state index is 13.8. The third-order valence-electron chi connectivity index (χ3n) is 4.23. The SMILES string of the molecule is Cc1cccc(NC(=O)CN2CCN(c3ccccc3F)CC2)c1. The molecule has 0 atom stereocenters. The Kier molecular flexibility index (Phi) is 5.11. The number of carbonyl (C=O) groups is 1. The molecular weight excluding hydrogens is 305 g/mol. The minimum Gasteiger partial charge on any atom is -0.367 e. The van der Waals surface area contributed by atoms with E-state index in [-0.39, 0.29) is 11.7 Å². The molecule has 5 heteroatoms. The van der Waals surface area contributed by atoms with Gasteiger partial charge in [0.05, 0.1) is 12.2 Å². The number of hydrogen-bond donors (Lipinski definition) is 1. The van der Waals surface area contributed by atoms with Gasteiger partial charge in [0.15, 0.2) is 0 Å². The van der Waals surface area contributed by atoms with E-state index in [4.69, 9.17) is 0 Å². The number of nitrogens with zero attached hydrogens (tertiary/aromatic N) is 2. The number of carbonyl (C=O) groups excluding carboxylic acids is 1. The van der Waals surface area contributed by atoms with Gasteiger partial charge < -0.3 is 10.2 Å². The molecule has 0 spiro atoms. The highest BCUT2D eigenvalue weighted by Gasteiger charge is 2.20. The first kappa shape index (κ1) is 16.5. The molecule has 2 aromatic carbocycles. The van der Waals surface area contributed by atoms with Crippen LogP contribution in [0.25, 0.3) is 0 Å². The molecule has 0 unspecified atom stereocenters. The van der Waals surface area contributed by atoms with Gasteiger partial charge in [-0.15, -0.1) is 0 Å². The van der Waals surface area contributed by atoms with E-state index < -0.39 is 0 Å². The molecule has 24 heavy (non-hydrogen) atoms. The first-order valence-corrected chi connectivity index (χ1v) is 8.20. The standard InChI is InChI=1S/C19H22FN3O/c1-15-5-4-6-16(13-15)21-19(24)14-22-9-11-23(12-10-22)18-8-3-2-7-17(18)20/h2-8,13H,9-12,14H2,1H3,(H,21,24). The summed E-state index contributed by atoms with van der Waals surface area (Å²) in [6.07, 6.45) is 0. The highest BCUT2D eigenvalue weighted by molar-refractivity contribution is 5.92. The van der Waals surface area contributed by atoms with Crippen molar-refractivity contribution in [2.24, 2.45) is 0 Å². The number of halogens is 1. The molecule has 0 radical (unpaired) electrons. The second-order valence-corrected chi connectivity index (χ2v) is 6.13. The van der Waals surface area contributed by atoms with Crippen molar-refractivity contribution in [1.82, 2.24) is 4.90 Å². The molecule has 2 aromatic rings. The average molecular weight is 327 g/mol. The molecule has 0 aliphatic carbocycles. The van der Waals surface area contributed by atoms with E-state index in [2.05, 4.69) is 10.2 Å². The van der Waals surface area contributed by atoms with Crippen LogP contribution in [0.1, 0.15) is 5.56 Å². The summed E-state index contributed by atoms with van der Waals surface area (Å²) >= 11 is 0. The van der Waals surface area contributed by atoms with E-state index >= 15 is 0 Å². The van der Waals surface area contributed by atoms with Crippen LogP contribution in [0, 0.1) is 12.7 Å². The van der Waals surface area contributed by atoms with Crippen LogP contribution in [0.15, 0.2) is 48.5 Å². The maximum absolute atomic E-state index is 13.8. The zero-order valence-corrected chi connectivity index (χ0v) is 13.8. The minimum atomic E-state index is -0.192. The quantitative estimate of drug-likeness (QED) is 0.938. The Hall–Kier alpha value is -2.40. The fraction of sp³-hybridized carbons (Fsp3) is 0.316. The number of para-hydroxylation sites is 1. The van der Waals surface area contributed by atoms with Gasteiger partial charge in [-0.05, 0) is 36.8 Å². The van der Waals surface area contributed by atoms with Crippen LogP contribution in [0.4, 0.5) is 15.8 Å². The third kappa shape index (κ3) is 4.11. The van der Waals surface area contributed by atoms with Crippen LogP contribution in [-0.2, 0) is 4.79 Å². The number of aryl methyl sites for hydroxylation is 1. The molecule has 4 nitrogen and oxygen atoms in total. The topological polar surface area (TPSA) is 35.6 Å². The van der Waals surface area contributed by atoms with Crippen molar-refractivity contribution in [2.75, 3.05) is 42.9 Å². The number of nitrogens with one attached hydrogen (secondary N) is 1. The van der Waals surface area contributed by atoms with Gasteiger partial charge >= 0.3 is 0 Å². The Bertz CT molecular complexity index is 711. The predicted octanol–water partition coefficient (Wildman–Crippen LogP) is 2.89. The van der Waals surface area contributed by atoms with Gasteiger partial charge in [0.1, 0.15) is 5.82 Å². The highest BCUT2D eigenvalue weighted by Crippen LogP contribution is 2.20. The summed E-state index contributed by atoms with van der Waals surface area (Å²) < 4.78 is 13.8. The summed E-state index contributed by atoms with van der Waals surface area (Å²) in [6.45, 7) is 5.29. The van der Waals surface area contributed by atoms with E-state index in [1.165, 1.54) is 6.07 Å². The van der Waals surface area contributed by atoms with Gasteiger partial charge in [0.25, 0.3) is 0 Å². The lowest BCUT2D eigenvalue weighted by atomic mass is 10.2. The summed E-state index contributed by atoms with van der Waals surface area (Å²) in [5.74, 6) is -0.205. The molecule has 1 amide bonds. The Morgan fingerprint density at radius 1 is 1.08 bits per heavy atom. The first-order valence-electron chi connectivity index (χ1n) is 8.20. The van der Waals surface area contributed by atoms with Gasteiger partial charge in [-0.25, -0.2) is 4.39 Å². The molecular formula is C19H22FN3O. The second kappa shape index (κ2) is 7.45. The summed E-state index contributed by atoms with van der Waals surface area (Å²) in [7, 11) is 0. The smallest absolute Gasteiger partial charge is 0.238 e. The molecule has 3 rings (SSSR count). The largest absolute Gasteiger partial charge is 0.367 e. The van der Waals surface area contributed by atoms with Gasteiger partial charge in [-0.3, -0.25) is 9.69 Å². The van der Waals surface area contributed by atoms with Crippen molar-refractivity contribution in [2.45, 2.75) is 6.92 Å². The van der Waals surface area contributed by atoms with Crippen LogP contribution in [0.2, 0.25) is 0 Å². The molecule has 1 aliphatic rings. The van der Waals surface area contributed by atoms with Crippen molar-refractivity contribution >= 4 is 17.3 Å². The van der Waals surface area contributed by atoms with Gasteiger partial charge in [0, 0.05) is 31.9 Å². The summed E-state index contributed by atoms with van der Waals surface area (Å²) in [4.78, 5) is 16.3. The lowest BCUT2D eigenvalue weighted by Gasteiger charge is -2.35. The minimum absolute atomic E-state index is 0.0139. The molecule has 126 valence electrons. The van der Waals surface area contributed by atoms with Crippen molar-refractivity contribution in [3.8, 4) is 0 Å². The van der Waals surface area contributed by atoms with E-state index in [1.807, 2.05) is 42.2 Å². The lowest BCUT2D eigenvalue weighted by Crippen LogP contribution is -2.48. The van der Waals surface area contributed by atoms with Crippen LogP contribution in [-0.4, -0.2) is 43.5 Å². The molecule has 1 N–H and O–H groups in total. The van der Waals surface area contributed by atoms with Gasteiger partial charge in [-0.2, -0.15) is 0 Å². The molecule has 1 fully saturated rings. The normalized spacial score (nSPS) is 15.3. The van der Waals surface area contributed by atoms with Crippen LogP contribution < -0.4 is 10.2 Å². The van der Waals surface area contributed by atoms with E-state index in [0.29, 0.717) is 12.2 Å². The maximum Gasteiger partial charge on any atom is 0.238 e. The van der Waals surface area contributed by atoms with Crippen LogP contribution >= 0.6 is 0 Å². The van der Waals surface area contributed by atoms with Crippen LogP contribution in [0.5, 0.6) is 0 Å². The highest BCUT2D eigenvalue weighted by atomic mass is 19.1. The third-order valence-corrected chi connectivity index (χ3v) is 4.23. The van der Waals surface area contributed by atoms with E-state index in [1.54, 1.807) is 12.1 Å². The molecule has 0 aromatic heterocycles.